The minimum absolute atomic E-state index is 0.0602. The van der Waals surface area contributed by atoms with Crippen molar-refractivity contribution in [3.63, 3.8) is 0 Å². The first-order valence-electron chi connectivity index (χ1n) is 8.76. The van der Waals surface area contributed by atoms with Gasteiger partial charge >= 0.3 is 0 Å². The summed E-state index contributed by atoms with van der Waals surface area (Å²) in [4.78, 5) is 17.2. The smallest absolute Gasteiger partial charge is 0.241 e. The Morgan fingerprint density at radius 2 is 1.95 bits per heavy atom. The van der Waals surface area contributed by atoms with Crippen LogP contribution in [0.25, 0.3) is 0 Å². The summed E-state index contributed by atoms with van der Waals surface area (Å²) in [5.41, 5.74) is 0. The van der Waals surface area contributed by atoms with Gasteiger partial charge in [-0.1, -0.05) is 27.2 Å². The first-order chi connectivity index (χ1) is 10.0. The fraction of sp³-hybridized carbons (Fsp3) is 0.941. The van der Waals surface area contributed by atoms with E-state index in [4.69, 9.17) is 0 Å². The number of amides is 1. The Hall–Kier alpha value is -0.610. The van der Waals surface area contributed by atoms with Gasteiger partial charge in [-0.2, -0.15) is 0 Å². The molecule has 0 bridgehead atoms. The lowest BCUT2D eigenvalue weighted by Crippen LogP contribution is -2.43. The molecule has 4 heteroatoms. The topological polar surface area (TPSA) is 35.6 Å². The number of nitrogens with zero attached hydrogens (tertiary/aromatic N) is 2. The molecule has 0 aromatic carbocycles. The molecule has 1 N–H and O–H groups in total. The van der Waals surface area contributed by atoms with Gasteiger partial charge in [-0.25, -0.2) is 0 Å². The van der Waals surface area contributed by atoms with E-state index in [-0.39, 0.29) is 12.2 Å². The maximum absolute atomic E-state index is 12.7. The molecule has 0 aliphatic carbocycles. The van der Waals surface area contributed by atoms with E-state index < -0.39 is 0 Å². The molecule has 0 spiro atoms. The van der Waals surface area contributed by atoms with Crippen molar-refractivity contribution in [1.29, 1.82) is 0 Å². The average molecular weight is 295 g/mol. The molecule has 122 valence electrons. The number of nitrogens with one attached hydrogen (secondary N) is 1. The van der Waals surface area contributed by atoms with Crippen molar-refractivity contribution in [2.75, 3.05) is 26.7 Å². The van der Waals surface area contributed by atoms with Crippen LogP contribution in [0.2, 0.25) is 0 Å². The van der Waals surface area contributed by atoms with Gasteiger partial charge in [-0.15, -0.1) is 0 Å². The normalized spacial score (nSPS) is 28.8. The fourth-order valence-electron chi connectivity index (χ4n) is 3.62. The van der Waals surface area contributed by atoms with E-state index in [1.165, 1.54) is 25.9 Å². The minimum atomic E-state index is 0.0602. The summed E-state index contributed by atoms with van der Waals surface area (Å²) in [6.45, 7) is 9.95. The number of carbonyl (C=O) groups excluding carboxylic acids is 1. The lowest BCUT2D eigenvalue weighted by Gasteiger charge is -2.34. The van der Waals surface area contributed by atoms with E-state index in [9.17, 15) is 4.79 Å². The zero-order valence-corrected chi connectivity index (χ0v) is 14.3. The van der Waals surface area contributed by atoms with Crippen LogP contribution in [0.15, 0.2) is 0 Å². The van der Waals surface area contributed by atoms with Crippen molar-refractivity contribution >= 4 is 5.91 Å². The molecule has 21 heavy (non-hydrogen) atoms. The molecule has 2 atom stereocenters. The van der Waals surface area contributed by atoms with E-state index in [1.807, 2.05) is 0 Å². The molecule has 2 aliphatic rings. The van der Waals surface area contributed by atoms with Crippen LogP contribution in [0.5, 0.6) is 0 Å². The van der Waals surface area contributed by atoms with Crippen LogP contribution in [0.4, 0.5) is 0 Å². The molecule has 2 saturated heterocycles. The van der Waals surface area contributed by atoms with Crippen LogP contribution in [0, 0.1) is 11.8 Å². The monoisotopic (exact) mass is 295 g/mol. The molecule has 0 radical (unpaired) electrons. The third kappa shape index (κ3) is 4.43. The predicted molar refractivity (Wildman–Crippen MR) is 87.0 cm³/mol. The van der Waals surface area contributed by atoms with E-state index >= 15 is 0 Å². The van der Waals surface area contributed by atoms with Crippen molar-refractivity contribution in [3.8, 4) is 0 Å². The second-order valence-corrected chi connectivity index (χ2v) is 7.39. The summed E-state index contributed by atoms with van der Waals surface area (Å²) in [6.07, 6.45) is 5.82. The SMILES string of the molecule is CCCC1NC(CC(C)C)N(CC2CCN(C)CC2)C1=O. The Morgan fingerprint density at radius 3 is 2.52 bits per heavy atom. The number of likely N-dealkylation sites (tertiary alicyclic amines) is 1. The Morgan fingerprint density at radius 1 is 1.29 bits per heavy atom. The Kier molecular flexibility index (Phi) is 6.06. The first-order valence-corrected chi connectivity index (χ1v) is 8.76. The molecule has 2 heterocycles. The van der Waals surface area contributed by atoms with Crippen LogP contribution in [0.1, 0.15) is 52.9 Å². The summed E-state index contributed by atoms with van der Waals surface area (Å²) in [5.74, 6) is 1.65. The Labute approximate surface area is 130 Å². The van der Waals surface area contributed by atoms with Gasteiger partial charge in [0.25, 0.3) is 0 Å². The molecular weight excluding hydrogens is 262 g/mol. The molecule has 2 rings (SSSR count). The van der Waals surface area contributed by atoms with Crippen LogP contribution < -0.4 is 5.32 Å². The number of hydrogen-bond acceptors (Lipinski definition) is 3. The molecule has 2 unspecified atom stereocenters. The number of hydrogen-bond donors (Lipinski definition) is 1. The maximum atomic E-state index is 12.7. The minimum Gasteiger partial charge on any atom is -0.326 e. The van der Waals surface area contributed by atoms with Crippen molar-refractivity contribution in [2.24, 2.45) is 11.8 Å². The van der Waals surface area contributed by atoms with Crippen molar-refractivity contribution in [2.45, 2.75) is 65.1 Å². The molecular formula is C17H33N3O. The highest BCUT2D eigenvalue weighted by atomic mass is 16.2. The molecule has 0 aromatic rings. The highest BCUT2D eigenvalue weighted by Crippen LogP contribution is 2.24. The molecule has 1 amide bonds. The second-order valence-electron chi connectivity index (χ2n) is 7.39. The van der Waals surface area contributed by atoms with Gasteiger partial charge in [0.1, 0.15) is 0 Å². The second kappa shape index (κ2) is 7.59. The van der Waals surface area contributed by atoms with E-state index in [0.29, 0.717) is 17.7 Å². The van der Waals surface area contributed by atoms with Gasteiger partial charge < -0.3 is 9.80 Å². The lowest BCUT2D eigenvalue weighted by molar-refractivity contribution is -0.131. The number of carbonyl (C=O) groups is 1. The quantitative estimate of drug-likeness (QED) is 0.817. The molecule has 2 aliphatic heterocycles. The van der Waals surface area contributed by atoms with Gasteiger partial charge in [0.15, 0.2) is 0 Å². The van der Waals surface area contributed by atoms with Gasteiger partial charge in [0.05, 0.1) is 12.2 Å². The van der Waals surface area contributed by atoms with Crippen LogP contribution in [0.3, 0.4) is 0 Å². The van der Waals surface area contributed by atoms with E-state index in [1.54, 1.807) is 0 Å². The average Bonchev–Trinajstić information content (AvgIpc) is 2.70. The zero-order valence-electron chi connectivity index (χ0n) is 14.3. The molecule has 4 nitrogen and oxygen atoms in total. The van der Waals surface area contributed by atoms with Crippen LogP contribution >= 0.6 is 0 Å². The van der Waals surface area contributed by atoms with Crippen LogP contribution in [-0.4, -0.2) is 54.6 Å². The van der Waals surface area contributed by atoms with Gasteiger partial charge in [0, 0.05) is 6.54 Å². The fourth-order valence-corrected chi connectivity index (χ4v) is 3.62. The van der Waals surface area contributed by atoms with Gasteiger partial charge in [-0.3, -0.25) is 10.1 Å². The zero-order chi connectivity index (χ0) is 15.4. The predicted octanol–water partition coefficient (Wildman–Crippen LogP) is 2.30. The van der Waals surface area contributed by atoms with Gasteiger partial charge in [0.2, 0.25) is 5.91 Å². The molecule has 0 aromatic heterocycles. The first kappa shape index (κ1) is 16.8. The standard InChI is InChI=1S/C17H33N3O/c1-5-6-15-17(21)20(16(18-15)11-13(2)3)12-14-7-9-19(4)10-8-14/h13-16,18H,5-12H2,1-4H3. The highest BCUT2D eigenvalue weighted by Gasteiger charge is 2.39. The van der Waals surface area contributed by atoms with Gasteiger partial charge in [-0.05, 0) is 57.7 Å². The Balaban J connectivity index is 1.97. The summed E-state index contributed by atoms with van der Waals surface area (Å²) in [5, 5.41) is 3.59. The summed E-state index contributed by atoms with van der Waals surface area (Å²) >= 11 is 0. The van der Waals surface area contributed by atoms with E-state index in [2.05, 4.69) is 42.9 Å². The summed E-state index contributed by atoms with van der Waals surface area (Å²) in [7, 11) is 2.19. The highest BCUT2D eigenvalue weighted by molar-refractivity contribution is 5.84. The molecule has 0 saturated carbocycles. The largest absolute Gasteiger partial charge is 0.326 e. The van der Waals surface area contributed by atoms with Crippen molar-refractivity contribution < 1.29 is 4.79 Å². The third-order valence-electron chi connectivity index (χ3n) is 4.92. The summed E-state index contributed by atoms with van der Waals surface area (Å²) < 4.78 is 0. The number of rotatable bonds is 6. The van der Waals surface area contributed by atoms with Crippen LogP contribution in [-0.2, 0) is 4.79 Å². The number of piperidine rings is 1. The van der Waals surface area contributed by atoms with Crippen molar-refractivity contribution in [1.82, 2.24) is 15.1 Å². The maximum Gasteiger partial charge on any atom is 0.241 e. The summed E-state index contributed by atoms with van der Waals surface area (Å²) in [6, 6.07) is 0.0602. The Bertz CT molecular complexity index is 337. The third-order valence-corrected chi connectivity index (χ3v) is 4.92. The molecule has 2 fully saturated rings. The van der Waals surface area contributed by atoms with E-state index in [0.717, 1.165) is 25.8 Å². The lowest BCUT2D eigenvalue weighted by atomic mass is 9.96. The van der Waals surface area contributed by atoms with Crippen molar-refractivity contribution in [3.05, 3.63) is 0 Å².